The molecule has 1 saturated heterocycles. The SMILES string of the molecule is CCCC1(Cc2cc(Br)cs2)CNC1. The molecule has 0 atom stereocenters. The maximum absolute atomic E-state index is 3.51. The van der Waals surface area contributed by atoms with E-state index < -0.39 is 0 Å². The van der Waals surface area contributed by atoms with Crippen molar-refractivity contribution >= 4 is 27.3 Å². The summed E-state index contributed by atoms with van der Waals surface area (Å²) in [6.45, 7) is 4.69. The van der Waals surface area contributed by atoms with Gasteiger partial charge in [-0.1, -0.05) is 13.3 Å². The number of thiophene rings is 1. The van der Waals surface area contributed by atoms with Crippen LogP contribution in [0.25, 0.3) is 0 Å². The summed E-state index contributed by atoms with van der Waals surface area (Å²) in [5.74, 6) is 0. The molecule has 0 spiro atoms. The van der Waals surface area contributed by atoms with Crippen molar-refractivity contribution in [2.24, 2.45) is 5.41 Å². The zero-order valence-electron chi connectivity index (χ0n) is 8.48. The third-order valence-electron chi connectivity index (χ3n) is 2.95. The Morgan fingerprint density at radius 3 is 2.79 bits per heavy atom. The van der Waals surface area contributed by atoms with Gasteiger partial charge in [0.2, 0.25) is 0 Å². The molecule has 1 nitrogen and oxygen atoms in total. The fourth-order valence-electron chi connectivity index (χ4n) is 2.22. The summed E-state index contributed by atoms with van der Waals surface area (Å²) in [6.07, 6.45) is 3.91. The highest BCUT2D eigenvalue weighted by Crippen LogP contribution is 2.35. The van der Waals surface area contributed by atoms with Gasteiger partial charge in [-0.2, -0.15) is 0 Å². The number of halogens is 1. The van der Waals surface area contributed by atoms with Crippen LogP contribution in [-0.2, 0) is 6.42 Å². The minimum absolute atomic E-state index is 0.568. The topological polar surface area (TPSA) is 12.0 Å². The Labute approximate surface area is 98.0 Å². The van der Waals surface area contributed by atoms with Crippen molar-refractivity contribution in [3.63, 3.8) is 0 Å². The van der Waals surface area contributed by atoms with Crippen LogP contribution in [0.15, 0.2) is 15.9 Å². The number of hydrogen-bond donors (Lipinski definition) is 1. The Bertz CT molecular complexity index is 304. The molecule has 0 saturated carbocycles. The highest BCUT2D eigenvalue weighted by atomic mass is 79.9. The highest BCUT2D eigenvalue weighted by molar-refractivity contribution is 9.10. The summed E-state index contributed by atoms with van der Waals surface area (Å²) in [6, 6.07) is 2.26. The van der Waals surface area contributed by atoms with Gasteiger partial charge in [0.25, 0.3) is 0 Å². The van der Waals surface area contributed by atoms with E-state index in [2.05, 4.69) is 39.6 Å². The van der Waals surface area contributed by atoms with E-state index in [1.165, 1.54) is 41.7 Å². The van der Waals surface area contributed by atoms with Crippen LogP contribution in [0.4, 0.5) is 0 Å². The zero-order valence-corrected chi connectivity index (χ0v) is 10.9. The molecule has 0 amide bonds. The Morgan fingerprint density at radius 2 is 2.36 bits per heavy atom. The van der Waals surface area contributed by atoms with Gasteiger partial charge in [0.15, 0.2) is 0 Å². The summed E-state index contributed by atoms with van der Waals surface area (Å²) in [4.78, 5) is 1.52. The third kappa shape index (κ3) is 2.20. The van der Waals surface area contributed by atoms with E-state index in [0.717, 1.165) is 0 Å². The lowest BCUT2D eigenvalue weighted by Crippen LogP contribution is -2.54. The van der Waals surface area contributed by atoms with Gasteiger partial charge in [-0.25, -0.2) is 0 Å². The minimum atomic E-state index is 0.568. The van der Waals surface area contributed by atoms with Crippen molar-refractivity contribution in [2.75, 3.05) is 13.1 Å². The van der Waals surface area contributed by atoms with E-state index in [-0.39, 0.29) is 0 Å². The van der Waals surface area contributed by atoms with Gasteiger partial charge in [0.05, 0.1) is 0 Å². The van der Waals surface area contributed by atoms with Gasteiger partial charge in [-0.3, -0.25) is 0 Å². The van der Waals surface area contributed by atoms with E-state index in [1.807, 2.05) is 11.3 Å². The van der Waals surface area contributed by atoms with Gasteiger partial charge in [-0.05, 0) is 34.8 Å². The van der Waals surface area contributed by atoms with Gasteiger partial charge in [-0.15, -0.1) is 11.3 Å². The van der Waals surface area contributed by atoms with Crippen molar-refractivity contribution in [3.05, 3.63) is 20.8 Å². The Hall–Kier alpha value is 0.140. The van der Waals surface area contributed by atoms with Crippen LogP contribution in [0, 0.1) is 5.41 Å². The average molecular weight is 274 g/mol. The van der Waals surface area contributed by atoms with Crippen LogP contribution in [-0.4, -0.2) is 13.1 Å². The first-order valence-corrected chi connectivity index (χ1v) is 6.85. The van der Waals surface area contributed by atoms with Gasteiger partial charge in [0.1, 0.15) is 0 Å². The van der Waals surface area contributed by atoms with Crippen LogP contribution in [0.1, 0.15) is 24.6 Å². The smallest absolute Gasteiger partial charge is 0.0285 e. The standard InChI is InChI=1S/C11H16BrNS/c1-2-3-11(7-13-8-11)5-10-4-9(12)6-14-10/h4,6,13H,2-3,5,7-8H2,1H3. The molecule has 78 valence electrons. The van der Waals surface area contributed by atoms with Crippen molar-refractivity contribution in [1.29, 1.82) is 0 Å². The monoisotopic (exact) mass is 273 g/mol. The second-order valence-electron chi connectivity index (χ2n) is 4.26. The molecule has 1 N–H and O–H groups in total. The van der Waals surface area contributed by atoms with Crippen molar-refractivity contribution < 1.29 is 0 Å². The molecule has 1 aromatic rings. The second kappa shape index (κ2) is 4.33. The third-order valence-corrected chi connectivity index (χ3v) is 4.65. The van der Waals surface area contributed by atoms with Crippen molar-refractivity contribution in [2.45, 2.75) is 26.2 Å². The Kier molecular flexibility index (Phi) is 3.30. The molecule has 1 aliphatic heterocycles. The largest absolute Gasteiger partial charge is 0.316 e. The summed E-state index contributed by atoms with van der Waals surface area (Å²) in [5, 5.41) is 5.59. The number of hydrogen-bond acceptors (Lipinski definition) is 2. The molecule has 0 aromatic carbocycles. The quantitative estimate of drug-likeness (QED) is 0.886. The lowest BCUT2D eigenvalue weighted by Gasteiger charge is -2.42. The van der Waals surface area contributed by atoms with Crippen LogP contribution in [0.5, 0.6) is 0 Å². The van der Waals surface area contributed by atoms with Gasteiger partial charge < -0.3 is 5.32 Å². The van der Waals surface area contributed by atoms with Crippen LogP contribution >= 0.6 is 27.3 Å². The normalized spacial score (nSPS) is 19.3. The summed E-state index contributed by atoms with van der Waals surface area (Å²) < 4.78 is 1.23. The molecule has 1 aromatic heterocycles. The molecule has 1 fully saturated rings. The van der Waals surface area contributed by atoms with E-state index in [4.69, 9.17) is 0 Å². The van der Waals surface area contributed by atoms with E-state index >= 15 is 0 Å². The first-order chi connectivity index (χ1) is 6.74. The van der Waals surface area contributed by atoms with E-state index in [9.17, 15) is 0 Å². The molecule has 0 bridgehead atoms. The Balaban J connectivity index is 2.01. The molecular weight excluding hydrogens is 258 g/mol. The molecule has 1 aliphatic rings. The fraction of sp³-hybridized carbons (Fsp3) is 0.636. The molecule has 0 aliphatic carbocycles. The molecule has 14 heavy (non-hydrogen) atoms. The summed E-state index contributed by atoms with van der Waals surface area (Å²) in [7, 11) is 0. The number of nitrogens with one attached hydrogen (secondary N) is 1. The van der Waals surface area contributed by atoms with Crippen LogP contribution in [0.2, 0.25) is 0 Å². The predicted molar refractivity (Wildman–Crippen MR) is 65.9 cm³/mol. The van der Waals surface area contributed by atoms with E-state index in [0.29, 0.717) is 5.41 Å². The summed E-state index contributed by atoms with van der Waals surface area (Å²) >= 11 is 5.39. The lowest BCUT2D eigenvalue weighted by molar-refractivity contribution is 0.152. The highest BCUT2D eigenvalue weighted by Gasteiger charge is 2.36. The molecule has 0 radical (unpaired) electrons. The van der Waals surface area contributed by atoms with Crippen LogP contribution in [0.3, 0.4) is 0 Å². The fourth-order valence-corrected chi connectivity index (χ4v) is 3.84. The number of rotatable bonds is 4. The lowest BCUT2D eigenvalue weighted by atomic mass is 9.74. The molecule has 3 heteroatoms. The first-order valence-electron chi connectivity index (χ1n) is 5.18. The van der Waals surface area contributed by atoms with Gasteiger partial charge >= 0.3 is 0 Å². The van der Waals surface area contributed by atoms with Gasteiger partial charge in [0, 0.05) is 33.2 Å². The maximum atomic E-state index is 3.51. The minimum Gasteiger partial charge on any atom is -0.316 e. The molecular formula is C11H16BrNS. The maximum Gasteiger partial charge on any atom is 0.0285 e. The first kappa shape index (κ1) is 10.7. The van der Waals surface area contributed by atoms with Crippen LogP contribution < -0.4 is 5.32 Å². The average Bonchev–Trinajstić information content (AvgIpc) is 2.48. The molecule has 2 rings (SSSR count). The van der Waals surface area contributed by atoms with Crippen molar-refractivity contribution in [3.8, 4) is 0 Å². The van der Waals surface area contributed by atoms with Crippen molar-refractivity contribution in [1.82, 2.24) is 5.32 Å². The second-order valence-corrected chi connectivity index (χ2v) is 6.17. The zero-order chi connectivity index (χ0) is 10.0. The summed E-state index contributed by atoms with van der Waals surface area (Å²) in [5.41, 5.74) is 0.568. The Morgan fingerprint density at radius 1 is 1.57 bits per heavy atom. The molecule has 0 unspecified atom stereocenters. The predicted octanol–water partition coefficient (Wildman–Crippen LogP) is 3.44. The molecule has 2 heterocycles. The van der Waals surface area contributed by atoms with E-state index in [1.54, 1.807) is 0 Å².